The molecule has 2 aliphatic carbocycles. The number of benzene rings is 1. The molecule has 3 atom stereocenters. The summed E-state index contributed by atoms with van der Waals surface area (Å²) in [5.74, 6) is 1.40. The van der Waals surface area contributed by atoms with Crippen LogP contribution in [0.4, 0.5) is 0 Å². The van der Waals surface area contributed by atoms with Crippen molar-refractivity contribution in [2.75, 3.05) is 13.1 Å². The second kappa shape index (κ2) is 13.3. The normalized spacial score (nSPS) is 23.0. The summed E-state index contributed by atoms with van der Waals surface area (Å²) in [7, 11) is 0. The van der Waals surface area contributed by atoms with Crippen molar-refractivity contribution in [3.63, 3.8) is 0 Å². The number of ketones is 1. The molecule has 0 radical (unpaired) electrons. The van der Waals surface area contributed by atoms with Gasteiger partial charge in [-0.05, 0) is 79.8 Å². The second-order valence-corrected chi connectivity index (χ2v) is 9.97. The van der Waals surface area contributed by atoms with Gasteiger partial charge in [0.05, 0.1) is 5.57 Å². The standard InChI is InChI=1S/C31H39NO3/c1-4-8-31(35)29-13-12-25-19-22(2)23(3)20-30(25)28(27(29)11-7-18-33)15-17-32-16-14-24-9-5-6-10-26(24)21-34/h5-6,9-12,18,21-23,28,32H,4,7-8,14-17,19-20H2,1-3H3. The van der Waals surface area contributed by atoms with Gasteiger partial charge in [0.15, 0.2) is 5.78 Å². The predicted octanol–water partition coefficient (Wildman–Crippen LogP) is 5.98. The summed E-state index contributed by atoms with van der Waals surface area (Å²) in [5.41, 5.74) is 9.53. The van der Waals surface area contributed by atoms with Crippen molar-refractivity contribution in [1.29, 1.82) is 0 Å². The molecular weight excluding hydrogens is 434 g/mol. The Kier molecular flexibility index (Phi) is 10.2. The molecule has 0 saturated carbocycles. The van der Waals surface area contributed by atoms with Crippen LogP contribution < -0.4 is 5.32 Å². The molecule has 1 aromatic carbocycles. The molecule has 0 bridgehead atoms. The van der Waals surface area contributed by atoms with E-state index in [0.29, 0.717) is 30.3 Å². The fourth-order valence-electron chi connectivity index (χ4n) is 5.29. The summed E-state index contributed by atoms with van der Waals surface area (Å²) < 4.78 is 0. The molecule has 4 nitrogen and oxygen atoms in total. The van der Waals surface area contributed by atoms with Crippen molar-refractivity contribution in [3.05, 3.63) is 75.6 Å². The van der Waals surface area contributed by atoms with E-state index in [4.69, 9.17) is 0 Å². The van der Waals surface area contributed by atoms with Gasteiger partial charge in [0.25, 0.3) is 0 Å². The van der Waals surface area contributed by atoms with Crippen LogP contribution in [0.1, 0.15) is 75.2 Å². The topological polar surface area (TPSA) is 63.2 Å². The van der Waals surface area contributed by atoms with Crippen molar-refractivity contribution in [2.45, 2.75) is 65.7 Å². The third kappa shape index (κ3) is 6.87. The first-order valence-corrected chi connectivity index (χ1v) is 13.1. The molecule has 0 aromatic heterocycles. The highest BCUT2D eigenvalue weighted by molar-refractivity contribution is 5.99. The first kappa shape index (κ1) is 26.8. The number of hydrogen-bond donors (Lipinski definition) is 1. The molecule has 3 unspecified atom stereocenters. The van der Waals surface area contributed by atoms with Crippen molar-refractivity contribution in [1.82, 2.24) is 5.32 Å². The average Bonchev–Trinajstić information content (AvgIpc) is 3.00. The van der Waals surface area contributed by atoms with Gasteiger partial charge in [-0.25, -0.2) is 0 Å². The zero-order valence-corrected chi connectivity index (χ0v) is 21.4. The lowest BCUT2D eigenvalue weighted by molar-refractivity contribution is -0.115. The van der Waals surface area contributed by atoms with Gasteiger partial charge in [0.2, 0.25) is 0 Å². The van der Waals surface area contributed by atoms with Crippen molar-refractivity contribution in [2.24, 2.45) is 17.8 Å². The third-order valence-corrected chi connectivity index (χ3v) is 7.50. The Bertz CT molecular complexity index is 1050. The van der Waals surface area contributed by atoms with Gasteiger partial charge in [0.1, 0.15) is 12.6 Å². The monoisotopic (exact) mass is 473 g/mol. The molecule has 2 aliphatic rings. The van der Waals surface area contributed by atoms with Crippen molar-refractivity contribution < 1.29 is 14.4 Å². The van der Waals surface area contributed by atoms with Gasteiger partial charge in [0, 0.05) is 24.3 Å². The first-order valence-electron chi connectivity index (χ1n) is 13.1. The molecule has 0 aliphatic heterocycles. The zero-order chi connectivity index (χ0) is 25.2. The largest absolute Gasteiger partial charge is 0.316 e. The summed E-state index contributed by atoms with van der Waals surface area (Å²) in [5, 5.41) is 3.55. The van der Waals surface area contributed by atoms with Crippen LogP contribution >= 0.6 is 0 Å². The number of hydrogen-bond acceptors (Lipinski definition) is 4. The summed E-state index contributed by atoms with van der Waals surface area (Å²) in [6.45, 7) is 8.21. The fourth-order valence-corrected chi connectivity index (χ4v) is 5.29. The Morgan fingerprint density at radius 2 is 1.89 bits per heavy atom. The molecular formula is C31H39NO3. The minimum Gasteiger partial charge on any atom is -0.316 e. The summed E-state index contributed by atoms with van der Waals surface area (Å²) >= 11 is 0. The summed E-state index contributed by atoms with van der Waals surface area (Å²) in [6.07, 6.45) is 11.1. The summed E-state index contributed by atoms with van der Waals surface area (Å²) in [6, 6.07) is 7.70. The molecule has 0 saturated heterocycles. The smallest absolute Gasteiger partial charge is 0.170 e. The highest BCUT2D eigenvalue weighted by Crippen LogP contribution is 2.44. The molecule has 186 valence electrons. The number of nitrogens with one attached hydrogen (secondary N) is 1. The van der Waals surface area contributed by atoms with Gasteiger partial charge < -0.3 is 10.1 Å². The van der Waals surface area contributed by atoms with E-state index in [1.54, 1.807) is 0 Å². The lowest BCUT2D eigenvalue weighted by Crippen LogP contribution is -2.26. The fraction of sp³-hybridized carbons (Fsp3) is 0.484. The van der Waals surface area contributed by atoms with Crippen molar-refractivity contribution >= 4 is 18.4 Å². The number of carbonyl (C=O) groups is 3. The highest BCUT2D eigenvalue weighted by atomic mass is 16.1. The highest BCUT2D eigenvalue weighted by Gasteiger charge is 2.33. The molecule has 4 heteroatoms. The van der Waals surface area contributed by atoms with Crippen LogP contribution in [0.15, 0.2) is 64.4 Å². The maximum absolute atomic E-state index is 13.1. The van der Waals surface area contributed by atoms with E-state index in [9.17, 15) is 14.4 Å². The third-order valence-electron chi connectivity index (χ3n) is 7.50. The minimum atomic E-state index is 0.108. The van der Waals surface area contributed by atoms with Gasteiger partial charge >= 0.3 is 0 Å². The molecule has 3 rings (SSSR count). The minimum absolute atomic E-state index is 0.108. The van der Waals surface area contributed by atoms with Crippen LogP contribution in [0.2, 0.25) is 0 Å². The van der Waals surface area contributed by atoms with Gasteiger partial charge in [-0.15, -0.1) is 5.73 Å². The number of Topliss-reactive ketones (excluding diaryl/α,β-unsaturated/α-hetero) is 1. The van der Waals surface area contributed by atoms with Gasteiger partial charge in [-0.3, -0.25) is 9.59 Å². The Labute approximate surface area is 210 Å². The van der Waals surface area contributed by atoms with E-state index in [0.717, 1.165) is 74.5 Å². The maximum atomic E-state index is 13.1. The first-order chi connectivity index (χ1) is 17.0. The molecule has 0 amide bonds. The van der Waals surface area contributed by atoms with E-state index >= 15 is 0 Å². The van der Waals surface area contributed by atoms with Gasteiger partial charge in [-0.1, -0.05) is 56.7 Å². The quantitative estimate of drug-likeness (QED) is 0.230. The van der Waals surface area contributed by atoms with Crippen molar-refractivity contribution in [3.8, 4) is 0 Å². The number of aldehydes is 2. The maximum Gasteiger partial charge on any atom is 0.170 e. The van der Waals surface area contributed by atoms with E-state index < -0.39 is 0 Å². The molecule has 0 fully saturated rings. The van der Waals surface area contributed by atoms with Crippen LogP contribution in [0.3, 0.4) is 0 Å². The molecule has 35 heavy (non-hydrogen) atoms. The molecule has 1 aromatic rings. The SMILES string of the molecule is CCCC(=O)C1=C=CC2=C(CC(C)C(C)C2)C(CCNCCc2ccccc2C=O)C1=CCC=O. The average molecular weight is 474 g/mol. The van der Waals surface area contributed by atoms with Crippen LogP contribution in [-0.4, -0.2) is 31.4 Å². The number of carbonyl (C=O) groups excluding carboxylic acids is 3. The van der Waals surface area contributed by atoms with E-state index in [-0.39, 0.29) is 11.7 Å². The lowest BCUT2D eigenvalue weighted by atomic mass is 9.71. The van der Waals surface area contributed by atoms with E-state index in [2.05, 4.69) is 31.0 Å². The summed E-state index contributed by atoms with van der Waals surface area (Å²) in [4.78, 5) is 35.7. The van der Waals surface area contributed by atoms with Crippen LogP contribution in [-0.2, 0) is 16.0 Å². The van der Waals surface area contributed by atoms with Crippen LogP contribution in [0, 0.1) is 17.8 Å². The van der Waals surface area contributed by atoms with E-state index in [1.165, 1.54) is 11.1 Å². The van der Waals surface area contributed by atoms with E-state index in [1.807, 2.05) is 37.3 Å². The van der Waals surface area contributed by atoms with Crippen LogP contribution in [0.25, 0.3) is 0 Å². The Balaban J connectivity index is 1.82. The Morgan fingerprint density at radius 1 is 1.11 bits per heavy atom. The molecule has 1 N–H and O–H groups in total. The zero-order valence-electron chi connectivity index (χ0n) is 21.4. The Morgan fingerprint density at radius 3 is 2.63 bits per heavy atom. The Hall–Kier alpha value is -2.81. The number of rotatable bonds is 12. The number of allylic oxidation sites excluding steroid dienone is 5. The van der Waals surface area contributed by atoms with Crippen LogP contribution in [0.5, 0.6) is 0 Å². The van der Waals surface area contributed by atoms with Gasteiger partial charge in [-0.2, -0.15) is 0 Å². The molecule has 0 spiro atoms. The predicted molar refractivity (Wildman–Crippen MR) is 141 cm³/mol. The molecule has 0 heterocycles. The second-order valence-electron chi connectivity index (χ2n) is 9.97. The lowest BCUT2D eigenvalue weighted by Gasteiger charge is -2.34.